The smallest absolute Gasteiger partial charge is 0.230 e. The Morgan fingerprint density at radius 1 is 1.04 bits per heavy atom. The third kappa shape index (κ3) is 3.90. The van der Waals surface area contributed by atoms with E-state index in [0.717, 1.165) is 64.6 Å². The van der Waals surface area contributed by atoms with Crippen LogP contribution in [0.1, 0.15) is 56.9 Å². The first kappa shape index (κ1) is 18.5. The van der Waals surface area contributed by atoms with Crippen molar-refractivity contribution in [3.05, 3.63) is 35.9 Å². The molecule has 4 rings (SSSR count). The lowest BCUT2D eigenvalue weighted by molar-refractivity contribution is -0.146. The van der Waals surface area contributed by atoms with Crippen LogP contribution >= 0.6 is 0 Å². The lowest BCUT2D eigenvalue weighted by Crippen LogP contribution is -2.50. The molecule has 2 heterocycles. The van der Waals surface area contributed by atoms with E-state index in [4.69, 9.17) is 0 Å². The molecule has 4 heteroatoms. The monoisotopic (exact) mass is 368 g/mol. The summed E-state index contributed by atoms with van der Waals surface area (Å²) in [5.74, 6) is 0.850. The molecule has 0 N–H and O–H groups in total. The number of piperidine rings is 1. The second kappa shape index (κ2) is 8.04. The Kier molecular flexibility index (Phi) is 5.51. The summed E-state index contributed by atoms with van der Waals surface area (Å²) in [4.78, 5) is 30.2. The lowest BCUT2D eigenvalue weighted by Gasteiger charge is -2.39. The number of hydrogen-bond donors (Lipinski definition) is 0. The van der Waals surface area contributed by atoms with Gasteiger partial charge in [0.25, 0.3) is 0 Å². The normalized spacial score (nSPS) is 26.3. The Morgan fingerprint density at radius 2 is 1.81 bits per heavy atom. The summed E-state index contributed by atoms with van der Waals surface area (Å²) >= 11 is 0. The first-order valence-corrected chi connectivity index (χ1v) is 10.8. The summed E-state index contributed by atoms with van der Waals surface area (Å²) in [7, 11) is 0. The van der Waals surface area contributed by atoms with E-state index in [1.165, 1.54) is 18.4 Å². The third-order valence-electron chi connectivity index (χ3n) is 6.93. The molecule has 1 unspecified atom stereocenters. The predicted molar refractivity (Wildman–Crippen MR) is 106 cm³/mol. The first-order valence-electron chi connectivity index (χ1n) is 10.8. The summed E-state index contributed by atoms with van der Waals surface area (Å²) in [6, 6.07) is 10.5. The van der Waals surface area contributed by atoms with Crippen LogP contribution in [0.2, 0.25) is 0 Å². The molecule has 2 amide bonds. The van der Waals surface area contributed by atoms with Crippen LogP contribution in [0, 0.1) is 11.3 Å². The van der Waals surface area contributed by atoms with E-state index in [9.17, 15) is 9.59 Å². The first-order chi connectivity index (χ1) is 13.2. The molecule has 1 spiro atoms. The van der Waals surface area contributed by atoms with E-state index in [0.29, 0.717) is 18.4 Å². The molecule has 2 aliphatic heterocycles. The predicted octanol–water partition coefficient (Wildman–Crippen LogP) is 3.65. The summed E-state index contributed by atoms with van der Waals surface area (Å²) in [5, 5.41) is 0. The van der Waals surface area contributed by atoms with Crippen molar-refractivity contribution in [2.45, 2.75) is 57.8 Å². The van der Waals surface area contributed by atoms with Gasteiger partial charge in [0.2, 0.25) is 11.8 Å². The highest BCUT2D eigenvalue weighted by atomic mass is 16.2. The van der Waals surface area contributed by atoms with Crippen LogP contribution in [0.4, 0.5) is 0 Å². The second-order valence-corrected chi connectivity index (χ2v) is 8.76. The molecule has 1 aromatic carbocycles. The average Bonchev–Trinajstić information content (AvgIpc) is 3.37. The highest BCUT2D eigenvalue weighted by Gasteiger charge is 2.49. The summed E-state index contributed by atoms with van der Waals surface area (Å²) < 4.78 is 0. The van der Waals surface area contributed by atoms with E-state index in [1.807, 2.05) is 11.0 Å². The van der Waals surface area contributed by atoms with Gasteiger partial charge in [-0.25, -0.2) is 0 Å². The van der Waals surface area contributed by atoms with E-state index in [1.54, 1.807) is 0 Å². The van der Waals surface area contributed by atoms with Crippen molar-refractivity contribution in [1.29, 1.82) is 0 Å². The zero-order valence-electron chi connectivity index (χ0n) is 16.4. The van der Waals surface area contributed by atoms with Crippen LogP contribution in [0.5, 0.6) is 0 Å². The van der Waals surface area contributed by atoms with Crippen LogP contribution < -0.4 is 0 Å². The molecule has 146 valence electrons. The van der Waals surface area contributed by atoms with Crippen molar-refractivity contribution in [2.75, 3.05) is 26.2 Å². The zero-order chi connectivity index (χ0) is 18.7. The maximum absolute atomic E-state index is 13.3. The molecule has 1 aromatic rings. The number of rotatable bonds is 5. The SMILES string of the molecule is O=C(C1CCCC1)N1CCC2(CCCN(CCCc3ccccc3)C2=O)C1. The Morgan fingerprint density at radius 3 is 2.59 bits per heavy atom. The molecule has 4 nitrogen and oxygen atoms in total. The van der Waals surface area contributed by atoms with Gasteiger partial charge in [0.05, 0.1) is 5.41 Å². The zero-order valence-corrected chi connectivity index (χ0v) is 16.4. The Hall–Kier alpha value is -1.84. The highest BCUT2D eigenvalue weighted by Crippen LogP contribution is 2.41. The summed E-state index contributed by atoms with van der Waals surface area (Å²) in [6.45, 7) is 3.16. The van der Waals surface area contributed by atoms with Gasteiger partial charge >= 0.3 is 0 Å². The van der Waals surface area contributed by atoms with Gasteiger partial charge in [-0.3, -0.25) is 9.59 Å². The van der Waals surface area contributed by atoms with Gasteiger partial charge in [0.1, 0.15) is 0 Å². The molecule has 3 fully saturated rings. The molecule has 2 saturated heterocycles. The summed E-state index contributed by atoms with van der Waals surface area (Å²) in [5.41, 5.74) is 1.05. The molecule has 0 aromatic heterocycles. The van der Waals surface area contributed by atoms with Crippen LogP contribution in [-0.2, 0) is 16.0 Å². The lowest BCUT2D eigenvalue weighted by atomic mass is 9.78. The molecule has 0 radical (unpaired) electrons. The highest BCUT2D eigenvalue weighted by molar-refractivity contribution is 5.86. The molecule has 1 atom stereocenters. The van der Waals surface area contributed by atoms with E-state index in [-0.39, 0.29) is 11.3 Å². The van der Waals surface area contributed by atoms with Gasteiger partial charge in [-0.1, -0.05) is 43.2 Å². The molecule has 1 saturated carbocycles. The van der Waals surface area contributed by atoms with Gasteiger partial charge in [0, 0.05) is 32.1 Å². The summed E-state index contributed by atoms with van der Waals surface area (Å²) in [6.07, 6.45) is 9.37. The minimum atomic E-state index is -0.292. The molecule has 27 heavy (non-hydrogen) atoms. The fraction of sp³-hybridized carbons (Fsp3) is 0.652. The minimum Gasteiger partial charge on any atom is -0.342 e. The molecule has 3 aliphatic rings. The van der Waals surface area contributed by atoms with E-state index >= 15 is 0 Å². The van der Waals surface area contributed by atoms with Crippen LogP contribution in [0.15, 0.2) is 30.3 Å². The fourth-order valence-corrected chi connectivity index (χ4v) is 5.35. The number of benzene rings is 1. The van der Waals surface area contributed by atoms with Crippen molar-refractivity contribution in [2.24, 2.45) is 11.3 Å². The largest absolute Gasteiger partial charge is 0.342 e. The Labute approximate surface area is 162 Å². The van der Waals surface area contributed by atoms with Crippen molar-refractivity contribution >= 4 is 11.8 Å². The number of nitrogens with zero attached hydrogens (tertiary/aromatic N) is 2. The van der Waals surface area contributed by atoms with Crippen molar-refractivity contribution in [3.8, 4) is 0 Å². The van der Waals surface area contributed by atoms with Crippen LogP contribution in [0.3, 0.4) is 0 Å². The molecule has 0 bridgehead atoms. The number of likely N-dealkylation sites (tertiary alicyclic amines) is 2. The van der Waals surface area contributed by atoms with E-state index < -0.39 is 0 Å². The molecular formula is C23H32N2O2. The number of aryl methyl sites for hydroxylation is 1. The van der Waals surface area contributed by atoms with Gasteiger partial charge < -0.3 is 9.80 Å². The van der Waals surface area contributed by atoms with Crippen molar-refractivity contribution in [1.82, 2.24) is 9.80 Å². The van der Waals surface area contributed by atoms with Gasteiger partial charge in [-0.2, -0.15) is 0 Å². The van der Waals surface area contributed by atoms with Crippen LogP contribution in [0.25, 0.3) is 0 Å². The fourth-order valence-electron chi connectivity index (χ4n) is 5.35. The molecule has 1 aliphatic carbocycles. The van der Waals surface area contributed by atoms with Gasteiger partial charge in [0.15, 0.2) is 0 Å². The van der Waals surface area contributed by atoms with Crippen LogP contribution in [-0.4, -0.2) is 47.8 Å². The van der Waals surface area contributed by atoms with E-state index in [2.05, 4.69) is 29.2 Å². The number of carbonyl (C=O) groups is 2. The number of amides is 2. The van der Waals surface area contributed by atoms with Crippen molar-refractivity contribution < 1.29 is 9.59 Å². The topological polar surface area (TPSA) is 40.6 Å². The Bertz CT molecular complexity index is 668. The van der Waals surface area contributed by atoms with Gasteiger partial charge in [-0.15, -0.1) is 0 Å². The number of carbonyl (C=O) groups excluding carboxylic acids is 2. The quantitative estimate of drug-likeness (QED) is 0.796. The third-order valence-corrected chi connectivity index (χ3v) is 6.93. The van der Waals surface area contributed by atoms with Crippen molar-refractivity contribution in [3.63, 3.8) is 0 Å². The minimum absolute atomic E-state index is 0.223. The Balaban J connectivity index is 1.33. The standard InChI is InChI=1S/C23H32N2O2/c26-21(20-11-4-5-12-20)25-17-14-23(18-25)13-7-16-24(22(23)27)15-6-10-19-8-2-1-3-9-19/h1-3,8-9,20H,4-7,10-18H2. The van der Waals surface area contributed by atoms with Gasteiger partial charge in [-0.05, 0) is 50.5 Å². The number of hydrogen-bond acceptors (Lipinski definition) is 2. The average molecular weight is 369 g/mol. The maximum atomic E-state index is 13.3. The maximum Gasteiger partial charge on any atom is 0.230 e. The molecular weight excluding hydrogens is 336 g/mol. The second-order valence-electron chi connectivity index (χ2n) is 8.76.